The van der Waals surface area contributed by atoms with Gasteiger partial charge in [0, 0.05) is 32.5 Å². The minimum absolute atomic E-state index is 0.150. The van der Waals surface area contributed by atoms with Gasteiger partial charge < -0.3 is 5.32 Å². The van der Waals surface area contributed by atoms with Crippen LogP contribution in [0.3, 0.4) is 0 Å². The quantitative estimate of drug-likeness (QED) is 0.196. The molecule has 1 aliphatic rings. The summed E-state index contributed by atoms with van der Waals surface area (Å²) in [7, 11) is 0. The summed E-state index contributed by atoms with van der Waals surface area (Å²) >= 11 is 4.58. The van der Waals surface area contributed by atoms with Gasteiger partial charge in [0.15, 0.2) is 11.0 Å². The van der Waals surface area contributed by atoms with E-state index in [1.165, 1.54) is 21.3 Å². The van der Waals surface area contributed by atoms with Crippen molar-refractivity contribution in [3.63, 3.8) is 0 Å². The van der Waals surface area contributed by atoms with E-state index in [9.17, 15) is 10.1 Å². The normalized spacial score (nSPS) is 15.4. The molecule has 3 heterocycles. The van der Waals surface area contributed by atoms with E-state index >= 15 is 0 Å². The number of nitriles is 1. The number of thiophene rings is 2. The van der Waals surface area contributed by atoms with Crippen LogP contribution in [0.5, 0.6) is 0 Å². The van der Waals surface area contributed by atoms with Crippen LogP contribution in [0.15, 0.2) is 47.5 Å². The molecular formula is C28H29N5OS3. The minimum Gasteiger partial charge on any atom is -0.316 e. The first kappa shape index (κ1) is 25.7. The maximum absolute atomic E-state index is 13.0. The number of allylic oxidation sites excluding steroid dienone is 1. The van der Waals surface area contributed by atoms with Gasteiger partial charge in [-0.25, -0.2) is 0 Å². The van der Waals surface area contributed by atoms with Gasteiger partial charge in [0.2, 0.25) is 5.91 Å². The van der Waals surface area contributed by atoms with Crippen LogP contribution in [0.2, 0.25) is 0 Å². The lowest BCUT2D eigenvalue weighted by Gasteiger charge is -2.33. The van der Waals surface area contributed by atoms with E-state index in [-0.39, 0.29) is 17.1 Å². The summed E-state index contributed by atoms with van der Waals surface area (Å²) < 4.78 is 3.19. The van der Waals surface area contributed by atoms with Crippen molar-refractivity contribution in [1.29, 1.82) is 5.26 Å². The number of amides is 1. The van der Waals surface area contributed by atoms with Crippen LogP contribution in [0.1, 0.15) is 43.2 Å². The zero-order valence-corrected chi connectivity index (χ0v) is 23.7. The van der Waals surface area contributed by atoms with Crippen molar-refractivity contribution >= 4 is 55.4 Å². The number of carbonyl (C=O) groups is 1. The Morgan fingerprint density at radius 2 is 2.16 bits per heavy atom. The third-order valence-corrected chi connectivity index (χ3v) is 10.0. The lowest BCUT2D eigenvalue weighted by molar-refractivity contribution is -0.113. The fourth-order valence-corrected chi connectivity index (χ4v) is 7.84. The molecule has 0 bridgehead atoms. The molecule has 0 fully saturated rings. The minimum atomic E-state index is -0.150. The fourth-order valence-electron chi connectivity index (χ4n) is 4.86. The van der Waals surface area contributed by atoms with E-state index in [0.717, 1.165) is 41.6 Å². The molecule has 0 aliphatic heterocycles. The second-order valence-electron chi connectivity index (χ2n) is 10.3. The summed E-state index contributed by atoms with van der Waals surface area (Å²) in [5, 5.41) is 26.3. The first-order valence-corrected chi connectivity index (χ1v) is 15.0. The summed E-state index contributed by atoms with van der Waals surface area (Å²) in [6.45, 7) is 11.3. The average molecular weight is 548 g/mol. The summed E-state index contributed by atoms with van der Waals surface area (Å²) in [4.78, 5) is 14.2. The van der Waals surface area contributed by atoms with E-state index in [1.807, 2.05) is 22.8 Å². The Morgan fingerprint density at radius 1 is 1.35 bits per heavy atom. The number of nitrogens with one attached hydrogen (secondary N) is 1. The molecule has 1 N–H and O–H groups in total. The average Bonchev–Trinajstić information content (AvgIpc) is 3.56. The van der Waals surface area contributed by atoms with Gasteiger partial charge in [-0.1, -0.05) is 56.8 Å². The van der Waals surface area contributed by atoms with Gasteiger partial charge in [-0.3, -0.25) is 9.36 Å². The van der Waals surface area contributed by atoms with Crippen LogP contribution in [0, 0.1) is 22.7 Å². The van der Waals surface area contributed by atoms with E-state index in [4.69, 9.17) is 0 Å². The first-order chi connectivity index (χ1) is 17.8. The van der Waals surface area contributed by atoms with Crippen LogP contribution in [-0.2, 0) is 24.2 Å². The SMILES string of the molecule is C=CCn1c(SCC(=O)Nc2sc3c(c2C#N)CCC(C(C)(C)C)C3)nnc1-c1csc2ccccc12. The highest BCUT2D eigenvalue weighted by Crippen LogP contribution is 2.44. The van der Waals surface area contributed by atoms with Gasteiger partial charge in [-0.05, 0) is 42.2 Å². The molecule has 190 valence electrons. The number of anilines is 1. The third kappa shape index (κ3) is 5.11. The summed E-state index contributed by atoms with van der Waals surface area (Å²) in [6, 6.07) is 10.6. The molecule has 1 aromatic carbocycles. The van der Waals surface area contributed by atoms with Crippen LogP contribution >= 0.6 is 34.4 Å². The standard InChI is InChI=1S/C28H29N5OS3/c1-5-12-33-25(21-15-35-22-9-7-6-8-18(21)22)31-32-27(33)36-16-24(34)30-26-20(14-29)19-11-10-17(28(2,3)4)13-23(19)37-26/h5-9,15,17H,1,10-13,16H2,2-4H3,(H,30,34). The number of thioether (sulfide) groups is 1. The highest BCUT2D eigenvalue weighted by molar-refractivity contribution is 7.99. The van der Waals surface area contributed by atoms with Crippen molar-refractivity contribution in [3.8, 4) is 17.5 Å². The van der Waals surface area contributed by atoms with Crippen molar-refractivity contribution in [2.75, 3.05) is 11.1 Å². The highest BCUT2D eigenvalue weighted by atomic mass is 32.2. The molecule has 0 saturated heterocycles. The lowest BCUT2D eigenvalue weighted by Crippen LogP contribution is -2.26. The van der Waals surface area contributed by atoms with E-state index in [2.05, 4.69) is 66.4 Å². The molecule has 37 heavy (non-hydrogen) atoms. The Balaban J connectivity index is 1.32. The van der Waals surface area contributed by atoms with Gasteiger partial charge in [0.25, 0.3) is 0 Å². The Hall–Kier alpha value is -2.93. The number of hydrogen-bond acceptors (Lipinski definition) is 7. The van der Waals surface area contributed by atoms with Crippen molar-refractivity contribution in [2.24, 2.45) is 11.3 Å². The summed E-state index contributed by atoms with van der Waals surface area (Å²) in [6.07, 6.45) is 4.75. The molecule has 1 atom stereocenters. The molecular weight excluding hydrogens is 519 g/mol. The summed E-state index contributed by atoms with van der Waals surface area (Å²) in [5.41, 5.74) is 3.01. The molecule has 0 radical (unpaired) electrons. The Bertz CT molecular complexity index is 1510. The molecule has 0 saturated carbocycles. The smallest absolute Gasteiger partial charge is 0.235 e. The molecule has 9 heteroatoms. The summed E-state index contributed by atoms with van der Waals surface area (Å²) in [5.74, 6) is 1.38. The second-order valence-corrected chi connectivity index (χ2v) is 13.3. The highest BCUT2D eigenvalue weighted by Gasteiger charge is 2.32. The number of rotatable bonds is 7. The number of hydrogen-bond donors (Lipinski definition) is 1. The maximum Gasteiger partial charge on any atom is 0.235 e. The Labute approximate surface area is 229 Å². The zero-order valence-electron chi connectivity index (χ0n) is 21.2. The fraction of sp³-hybridized carbons (Fsp3) is 0.357. The number of benzene rings is 1. The van der Waals surface area contributed by atoms with Gasteiger partial charge in [-0.15, -0.1) is 39.4 Å². The molecule has 6 nitrogen and oxygen atoms in total. The van der Waals surface area contributed by atoms with Crippen LogP contribution in [0.25, 0.3) is 21.5 Å². The molecule has 1 aliphatic carbocycles. The number of aromatic nitrogens is 3. The van der Waals surface area contributed by atoms with Gasteiger partial charge in [-0.2, -0.15) is 5.26 Å². The number of fused-ring (bicyclic) bond motifs is 2. The molecule has 0 spiro atoms. The molecule has 1 unspecified atom stereocenters. The van der Waals surface area contributed by atoms with Crippen molar-refractivity contribution in [2.45, 2.75) is 51.7 Å². The molecule has 1 amide bonds. The van der Waals surface area contributed by atoms with Gasteiger partial charge in [0.1, 0.15) is 11.1 Å². The van der Waals surface area contributed by atoms with Gasteiger partial charge >= 0.3 is 0 Å². The Morgan fingerprint density at radius 3 is 2.92 bits per heavy atom. The van der Waals surface area contributed by atoms with Crippen LogP contribution in [-0.4, -0.2) is 26.4 Å². The molecule has 5 rings (SSSR count). The monoisotopic (exact) mass is 547 g/mol. The van der Waals surface area contributed by atoms with Crippen LogP contribution < -0.4 is 5.32 Å². The number of nitrogens with zero attached hydrogens (tertiary/aromatic N) is 4. The zero-order chi connectivity index (χ0) is 26.2. The van der Waals surface area contributed by atoms with Crippen molar-refractivity contribution in [3.05, 3.63) is 58.3 Å². The third-order valence-electron chi connectivity index (χ3n) is 6.94. The van der Waals surface area contributed by atoms with Crippen molar-refractivity contribution < 1.29 is 4.79 Å². The lowest BCUT2D eigenvalue weighted by atomic mass is 9.72. The largest absolute Gasteiger partial charge is 0.316 e. The molecule has 3 aromatic heterocycles. The van der Waals surface area contributed by atoms with E-state index in [0.29, 0.717) is 28.2 Å². The van der Waals surface area contributed by atoms with Crippen molar-refractivity contribution in [1.82, 2.24) is 14.8 Å². The Kier molecular flexibility index (Phi) is 7.26. The number of carbonyl (C=O) groups excluding carboxylic acids is 1. The first-order valence-electron chi connectivity index (χ1n) is 12.3. The second kappa shape index (κ2) is 10.4. The topological polar surface area (TPSA) is 83.6 Å². The van der Waals surface area contributed by atoms with E-state index < -0.39 is 0 Å². The predicted octanol–water partition coefficient (Wildman–Crippen LogP) is 7.16. The van der Waals surface area contributed by atoms with Gasteiger partial charge in [0.05, 0.1) is 11.3 Å². The van der Waals surface area contributed by atoms with E-state index in [1.54, 1.807) is 22.7 Å². The molecule has 4 aromatic rings. The maximum atomic E-state index is 13.0. The predicted molar refractivity (Wildman–Crippen MR) is 154 cm³/mol. The van der Waals surface area contributed by atoms with Crippen LogP contribution in [0.4, 0.5) is 5.00 Å².